The maximum Gasteiger partial charge on any atom is 0.123 e. The number of rotatable bonds is 7. The number of aliphatic hydroxyl groups is 1. The zero-order chi connectivity index (χ0) is 16.8. The van der Waals surface area contributed by atoms with E-state index in [1.54, 1.807) is 24.3 Å². The molecule has 2 aromatic rings. The van der Waals surface area contributed by atoms with Crippen molar-refractivity contribution in [2.45, 2.75) is 26.5 Å². The first-order valence-corrected chi connectivity index (χ1v) is 7.84. The number of aliphatic hydroxyl groups excluding tert-OH is 1. The molecule has 0 aliphatic heterocycles. The SMILES string of the molecule is CC(C)CN(Cc1ccc(F)cc1)CC(O)c1ccc(F)cc1. The van der Waals surface area contributed by atoms with Crippen molar-refractivity contribution in [1.29, 1.82) is 0 Å². The second-order valence-corrected chi connectivity index (χ2v) is 6.28. The van der Waals surface area contributed by atoms with Gasteiger partial charge in [-0.15, -0.1) is 0 Å². The highest BCUT2D eigenvalue weighted by Crippen LogP contribution is 2.17. The number of hydrogen-bond acceptors (Lipinski definition) is 2. The molecule has 1 N–H and O–H groups in total. The predicted molar refractivity (Wildman–Crippen MR) is 87.9 cm³/mol. The van der Waals surface area contributed by atoms with Gasteiger partial charge in [0.25, 0.3) is 0 Å². The van der Waals surface area contributed by atoms with E-state index in [2.05, 4.69) is 18.7 Å². The van der Waals surface area contributed by atoms with Crippen molar-refractivity contribution >= 4 is 0 Å². The second-order valence-electron chi connectivity index (χ2n) is 6.28. The number of benzene rings is 2. The predicted octanol–water partition coefficient (Wildman–Crippen LogP) is 4.16. The Hall–Kier alpha value is -1.78. The van der Waals surface area contributed by atoms with Gasteiger partial charge in [-0.25, -0.2) is 8.78 Å². The Morgan fingerprint density at radius 3 is 1.91 bits per heavy atom. The van der Waals surface area contributed by atoms with E-state index < -0.39 is 6.10 Å². The Bertz CT molecular complexity index is 596. The van der Waals surface area contributed by atoms with Gasteiger partial charge in [0.05, 0.1) is 6.10 Å². The minimum absolute atomic E-state index is 0.254. The molecule has 0 fully saturated rings. The average molecular weight is 319 g/mol. The molecule has 1 unspecified atom stereocenters. The summed E-state index contributed by atoms with van der Waals surface area (Å²) in [5, 5.41) is 10.4. The van der Waals surface area contributed by atoms with Gasteiger partial charge in [0.1, 0.15) is 11.6 Å². The van der Waals surface area contributed by atoms with Gasteiger partial charge in [-0.1, -0.05) is 38.1 Å². The zero-order valence-corrected chi connectivity index (χ0v) is 13.5. The van der Waals surface area contributed by atoms with Crippen LogP contribution in [0.25, 0.3) is 0 Å². The van der Waals surface area contributed by atoms with Crippen molar-refractivity contribution in [3.05, 3.63) is 71.3 Å². The number of hydrogen-bond donors (Lipinski definition) is 1. The Labute approximate surface area is 136 Å². The molecule has 0 radical (unpaired) electrons. The van der Waals surface area contributed by atoms with Crippen molar-refractivity contribution in [2.24, 2.45) is 5.92 Å². The molecule has 0 bridgehead atoms. The topological polar surface area (TPSA) is 23.5 Å². The molecule has 124 valence electrons. The largest absolute Gasteiger partial charge is 0.387 e. The summed E-state index contributed by atoms with van der Waals surface area (Å²) in [6.45, 7) is 6.12. The fourth-order valence-corrected chi connectivity index (χ4v) is 2.60. The molecule has 0 heterocycles. The second kappa shape index (κ2) is 8.18. The van der Waals surface area contributed by atoms with Crippen LogP contribution in [0.2, 0.25) is 0 Å². The molecule has 0 saturated heterocycles. The first kappa shape index (κ1) is 17.6. The summed E-state index contributed by atoms with van der Waals surface area (Å²) < 4.78 is 26.0. The quantitative estimate of drug-likeness (QED) is 0.828. The molecule has 0 amide bonds. The third-order valence-corrected chi connectivity index (χ3v) is 3.63. The average Bonchev–Trinajstić information content (AvgIpc) is 2.49. The Balaban J connectivity index is 2.05. The van der Waals surface area contributed by atoms with Crippen molar-refractivity contribution in [2.75, 3.05) is 13.1 Å². The summed E-state index contributed by atoms with van der Waals surface area (Å²) in [7, 11) is 0. The van der Waals surface area contributed by atoms with Crippen LogP contribution in [0.5, 0.6) is 0 Å². The van der Waals surface area contributed by atoms with E-state index in [1.165, 1.54) is 24.3 Å². The fourth-order valence-electron chi connectivity index (χ4n) is 2.60. The van der Waals surface area contributed by atoms with Crippen LogP contribution in [0.1, 0.15) is 31.1 Å². The van der Waals surface area contributed by atoms with E-state index in [0.717, 1.165) is 12.1 Å². The van der Waals surface area contributed by atoms with Gasteiger partial charge in [0.15, 0.2) is 0 Å². The Kier molecular flexibility index (Phi) is 6.25. The Morgan fingerprint density at radius 1 is 0.870 bits per heavy atom. The molecule has 2 aromatic carbocycles. The number of nitrogens with zero attached hydrogens (tertiary/aromatic N) is 1. The summed E-state index contributed by atoms with van der Waals surface area (Å²) in [5.74, 6) is -0.127. The van der Waals surface area contributed by atoms with Crippen molar-refractivity contribution in [1.82, 2.24) is 4.90 Å². The van der Waals surface area contributed by atoms with Gasteiger partial charge >= 0.3 is 0 Å². The van der Waals surface area contributed by atoms with Gasteiger partial charge in [-0.3, -0.25) is 4.90 Å². The maximum absolute atomic E-state index is 13.0. The summed E-state index contributed by atoms with van der Waals surface area (Å²) in [4.78, 5) is 2.13. The fraction of sp³-hybridized carbons (Fsp3) is 0.368. The van der Waals surface area contributed by atoms with Gasteiger partial charge in [-0.05, 0) is 41.3 Å². The van der Waals surface area contributed by atoms with Gasteiger partial charge < -0.3 is 5.11 Å². The van der Waals surface area contributed by atoms with E-state index in [-0.39, 0.29) is 11.6 Å². The summed E-state index contributed by atoms with van der Waals surface area (Å²) in [5.41, 5.74) is 1.69. The summed E-state index contributed by atoms with van der Waals surface area (Å²) >= 11 is 0. The lowest BCUT2D eigenvalue weighted by molar-refractivity contribution is 0.102. The normalized spacial score (nSPS) is 12.8. The van der Waals surface area contributed by atoms with E-state index in [0.29, 0.717) is 24.6 Å². The molecule has 2 rings (SSSR count). The molecule has 2 nitrogen and oxygen atoms in total. The Morgan fingerprint density at radius 2 is 1.39 bits per heavy atom. The van der Waals surface area contributed by atoms with E-state index in [9.17, 15) is 13.9 Å². The van der Waals surface area contributed by atoms with Crippen LogP contribution in [0.4, 0.5) is 8.78 Å². The molecule has 0 saturated carbocycles. The molecular weight excluding hydrogens is 296 g/mol. The van der Waals surface area contributed by atoms with Crippen molar-refractivity contribution in [3.8, 4) is 0 Å². The third kappa shape index (κ3) is 5.73. The first-order chi connectivity index (χ1) is 10.9. The molecule has 0 aliphatic rings. The highest BCUT2D eigenvalue weighted by Gasteiger charge is 2.15. The van der Waals surface area contributed by atoms with Crippen LogP contribution in [0.15, 0.2) is 48.5 Å². The lowest BCUT2D eigenvalue weighted by Crippen LogP contribution is -2.31. The van der Waals surface area contributed by atoms with Gasteiger partial charge in [-0.2, -0.15) is 0 Å². The lowest BCUT2D eigenvalue weighted by atomic mass is 10.1. The maximum atomic E-state index is 13.0. The van der Waals surface area contributed by atoms with E-state index >= 15 is 0 Å². The summed E-state index contributed by atoms with van der Waals surface area (Å²) in [6, 6.07) is 12.3. The smallest absolute Gasteiger partial charge is 0.123 e. The standard InChI is InChI=1S/C19H23F2NO/c1-14(2)11-22(12-15-3-7-17(20)8-4-15)13-19(23)16-5-9-18(21)10-6-16/h3-10,14,19,23H,11-13H2,1-2H3. The molecule has 1 atom stereocenters. The van der Waals surface area contributed by atoms with Crippen LogP contribution < -0.4 is 0 Å². The van der Waals surface area contributed by atoms with Crippen molar-refractivity contribution < 1.29 is 13.9 Å². The van der Waals surface area contributed by atoms with Crippen LogP contribution >= 0.6 is 0 Å². The summed E-state index contributed by atoms with van der Waals surface area (Å²) in [6.07, 6.45) is -0.685. The number of halogens is 2. The molecule has 0 spiro atoms. The van der Waals surface area contributed by atoms with Crippen molar-refractivity contribution in [3.63, 3.8) is 0 Å². The highest BCUT2D eigenvalue weighted by molar-refractivity contribution is 5.19. The van der Waals surface area contributed by atoms with E-state index in [4.69, 9.17) is 0 Å². The van der Waals surface area contributed by atoms with Crippen LogP contribution in [0, 0.1) is 17.6 Å². The van der Waals surface area contributed by atoms with E-state index in [1.807, 2.05) is 0 Å². The zero-order valence-electron chi connectivity index (χ0n) is 13.5. The minimum Gasteiger partial charge on any atom is -0.387 e. The first-order valence-electron chi connectivity index (χ1n) is 7.84. The van der Waals surface area contributed by atoms with Crippen LogP contribution in [-0.4, -0.2) is 23.1 Å². The molecule has 4 heteroatoms. The van der Waals surface area contributed by atoms with Gasteiger partial charge in [0, 0.05) is 19.6 Å². The molecule has 0 aromatic heterocycles. The molecular formula is C19H23F2NO. The molecule has 0 aliphatic carbocycles. The lowest BCUT2D eigenvalue weighted by Gasteiger charge is -2.27. The van der Waals surface area contributed by atoms with Crippen LogP contribution in [-0.2, 0) is 6.54 Å². The molecule has 23 heavy (non-hydrogen) atoms. The highest BCUT2D eigenvalue weighted by atomic mass is 19.1. The van der Waals surface area contributed by atoms with Gasteiger partial charge in [0.2, 0.25) is 0 Å². The minimum atomic E-state index is -0.685. The monoisotopic (exact) mass is 319 g/mol. The third-order valence-electron chi connectivity index (χ3n) is 3.63. The van der Waals surface area contributed by atoms with Crippen LogP contribution in [0.3, 0.4) is 0 Å².